The van der Waals surface area contributed by atoms with Gasteiger partial charge < -0.3 is 14.5 Å². The first-order valence-electron chi connectivity index (χ1n) is 11.9. The maximum Gasteiger partial charge on any atom is 0.340 e. The Labute approximate surface area is 204 Å². The van der Waals surface area contributed by atoms with Crippen molar-refractivity contribution < 1.29 is 18.3 Å². The molecule has 4 heterocycles. The van der Waals surface area contributed by atoms with Gasteiger partial charge in [0, 0.05) is 37.9 Å². The fourth-order valence-corrected chi connectivity index (χ4v) is 8.58. The zero-order valence-corrected chi connectivity index (χ0v) is 20.4. The molecular weight excluding hydrogens is 466 g/mol. The van der Waals surface area contributed by atoms with Crippen LogP contribution < -0.4 is 9.80 Å². The molecule has 0 saturated carbocycles. The van der Waals surface area contributed by atoms with Crippen LogP contribution in [0.4, 0.5) is 20.2 Å². The van der Waals surface area contributed by atoms with Gasteiger partial charge >= 0.3 is 5.97 Å². The molecule has 1 spiro atoms. The van der Waals surface area contributed by atoms with Crippen molar-refractivity contribution in [2.24, 2.45) is 0 Å². The van der Waals surface area contributed by atoms with E-state index in [4.69, 9.17) is 4.74 Å². The molecule has 2 saturated heterocycles. The summed E-state index contributed by atoms with van der Waals surface area (Å²) >= 11 is 0. The van der Waals surface area contributed by atoms with E-state index in [0.717, 1.165) is 37.9 Å². The van der Waals surface area contributed by atoms with Gasteiger partial charge in [0.15, 0.2) is 5.60 Å². The van der Waals surface area contributed by atoms with Crippen LogP contribution in [0, 0.1) is 0 Å². The average Bonchev–Trinajstić information content (AvgIpc) is 3.12. The summed E-state index contributed by atoms with van der Waals surface area (Å²) in [5.74, 6) is -0.327. The van der Waals surface area contributed by atoms with Crippen molar-refractivity contribution >= 4 is 27.4 Å². The second-order valence-electron chi connectivity index (χ2n) is 10.3. The lowest BCUT2D eigenvalue weighted by molar-refractivity contribution is 0.0232. The van der Waals surface area contributed by atoms with Gasteiger partial charge in [0.05, 0.1) is 31.7 Å². The van der Waals surface area contributed by atoms with Crippen LogP contribution in [0.25, 0.3) is 0 Å². The molecule has 3 aromatic rings. The number of anilines is 2. The van der Waals surface area contributed by atoms with Crippen LogP contribution in [0.3, 0.4) is 0 Å². The van der Waals surface area contributed by atoms with Gasteiger partial charge in [-0.15, -0.1) is 0 Å². The van der Waals surface area contributed by atoms with Crippen LogP contribution in [0.5, 0.6) is 0 Å². The van der Waals surface area contributed by atoms with Gasteiger partial charge in [-0.05, 0) is 42.8 Å². The second kappa shape index (κ2) is 7.00. The zero-order valence-electron chi connectivity index (χ0n) is 19.6. The molecule has 0 aliphatic carbocycles. The number of benzene rings is 3. The molecule has 0 bridgehead atoms. The van der Waals surface area contributed by atoms with Gasteiger partial charge in [-0.3, -0.25) is 0 Å². The number of fused-ring (bicyclic) bond motifs is 6. The third kappa shape index (κ3) is 2.76. The molecular formula is C28H26F2N2O2S. The molecule has 0 radical (unpaired) electrons. The fraction of sp³-hybridized carbons (Fsp3) is 0.321. The van der Waals surface area contributed by atoms with Crippen molar-refractivity contribution in [3.63, 3.8) is 0 Å². The number of ether oxygens (including phenoxy) is 1. The Bertz CT molecular complexity index is 1320. The Morgan fingerprint density at radius 3 is 1.83 bits per heavy atom. The van der Waals surface area contributed by atoms with Crippen molar-refractivity contribution in [1.82, 2.24) is 0 Å². The predicted molar refractivity (Wildman–Crippen MR) is 135 cm³/mol. The SMILES string of the molecule is CS1(C)c2cc(N3CC(F)C3)ccc2C2(OC(=O)c3ccccc32)c2ccc(N3CC(F)C3)cc21. The van der Waals surface area contributed by atoms with Crippen molar-refractivity contribution in [2.45, 2.75) is 27.7 Å². The number of rotatable bonds is 2. The van der Waals surface area contributed by atoms with E-state index < -0.39 is 28.0 Å². The van der Waals surface area contributed by atoms with Crippen molar-refractivity contribution in [1.29, 1.82) is 0 Å². The number of hydrogen-bond acceptors (Lipinski definition) is 4. The van der Waals surface area contributed by atoms with E-state index in [1.807, 2.05) is 36.4 Å². The quantitative estimate of drug-likeness (QED) is 0.457. The van der Waals surface area contributed by atoms with Crippen LogP contribution in [-0.2, 0) is 10.3 Å². The van der Waals surface area contributed by atoms with Crippen molar-refractivity contribution in [2.75, 3.05) is 48.5 Å². The summed E-state index contributed by atoms with van der Waals surface area (Å²) in [6.45, 7) is 1.60. The highest BCUT2D eigenvalue weighted by Crippen LogP contribution is 2.69. The minimum atomic E-state index is -1.52. The van der Waals surface area contributed by atoms with Crippen molar-refractivity contribution in [3.05, 3.63) is 82.9 Å². The van der Waals surface area contributed by atoms with Crippen LogP contribution in [-0.4, -0.2) is 57.0 Å². The molecule has 35 heavy (non-hydrogen) atoms. The van der Waals surface area contributed by atoms with E-state index in [-0.39, 0.29) is 5.97 Å². The number of carbonyl (C=O) groups is 1. The summed E-state index contributed by atoms with van der Waals surface area (Å²) in [7, 11) is -1.52. The van der Waals surface area contributed by atoms with Crippen LogP contribution >= 0.6 is 10.0 Å². The van der Waals surface area contributed by atoms with Gasteiger partial charge in [-0.1, -0.05) is 30.3 Å². The maximum absolute atomic E-state index is 13.7. The Morgan fingerprint density at radius 1 is 0.800 bits per heavy atom. The summed E-state index contributed by atoms with van der Waals surface area (Å²) in [5, 5.41) is 0. The number of esters is 1. The predicted octanol–water partition coefficient (Wildman–Crippen LogP) is 5.26. The van der Waals surface area contributed by atoms with Gasteiger partial charge in [0.2, 0.25) is 0 Å². The monoisotopic (exact) mass is 492 g/mol. The first-order chi connectivity index (χ1) is 16.8. The molecule has 7 rings (SSSR count). The first-order valence-corrected chi connectivity index (χ1v) is 14.4. The van der Waals surface area contributed by atoms with Gasteiger partial charge in [0.25, 0.3) is 0 Å². The Morgan fingerprint density at radius 2 is 1.31 bits per heavy atom. The summed E-state index contributed by atoms with van der Waals surface area (Å²) in [6.07, 6.45) is 2.94. The van der Waals surface area contributed by atoms with E-state index in [1.54, 1.807) is 0 Å². The molecule has 4 aliphatic heterocycles. The zero-order chi connectivity index (χ0) is 24.1. The highest BCUT2D eigenvalue weighted by molar-refractivity contribution is 8.32. The fourth-order valence-electron chi connectivity index (χ4n) is 5.99. The first kappa shape index (κ1) is 21.2. The highest BCUT2D eigenvalue weighted by atomic mass is 32.3. The molecule has 180 valence electrons. The van der Waals surface area contributed by atoms with E-state index in [2.05, 4.69) is 46.6 Å². The van der Waals surface area contributed by atoms with Gasteiger partial charge in [-0.2, -0.15) is 10.0 Å². The smallest absolute Gasteiger partial charge is 0.340 e. The molecule has 0 N–H and O–H groups in total. The molecule has 2 fully saturated rings. The summed E-state index contributed by atoms with van der Waals surface area (Å²) < 4.78 is 33.7. The molecule has 7 heteroatoms. The Balaban J connectivity index is 1.48. The standard InChI is InChI=1S/C28H26F2N2O2S/c1-35(2)25-11-19(31-13-17(29)14-31)7-9-23(25)28(22-6-4-3-5-21(22)27(33)34-28)24-10-8-20(12-26(24)35)32-15-18(30)16-32/h3-12,17-18H,13-16H2,1-2H3. The van der Waals surface area contributed by atoms with E-state index >= 15 is 0 Å². The van der Waals surface area contributed by atoms with Crippen LogP contribution in [0.1, 0.15) is 27.0 Å². The summed E-state index contributed by atoms with van der Waals surface area (Å²) in [4.78, 5) is 19.5. The summed E-state index contributed by atoms with van der Waals surface area (Å²) in [5.41, 5.74) is 4.34. The summed E-state index contributed by atoms with van der Waals surface area (Å²) in [6, 6.07) is 20.1. The van der Waals surface area contributed by atoms with Gasteiger partial charge in [0.1, 0.15) is 12.3 Å². The average molecular weight is 493 g/mol. The lowest BCUT2D eigenvalue weighted by Crippen LogP contribution is -2.48. The Kier molecular flexibility index (Phi) is 4.25. The van der Waals surface area contributed by atoms with Crippen LogP contribution in [0.15, 0.2) is 70.5 Å². The number of carbonyl (C=O) groups excluding carboxylic acids is 1. The lowest BCUT2D eigenvalue weighted by atomic mass is 9.79. The minimum absolute atomic E-state index is 0.327. The molecule has 0 amide bonds. The second-order valence-corrected chi connectivity index (χ2v) is 13.8. The maximum atomic E-state index is 13.7. The topological polar surface area (TPSA) is 32.8 Å². The Hall–Kier alpha value is -3.06. The third-order valence-electron chi connectivity index (χ3n) is 7.96. The van der Waals surface area contributed by atoms with E-state index in [0.29, 0.717) is 31.7 Å². The lowest BCUT2D eigenvalue weighted by Gasteiger charge is -2.48. The van der Waals surface area contributed by atoms with Crippen molar-refractivity contribution in [3.8, 4) is 0 Å². The molecule has 0 atom stereocenters. The van der Waals surface area contributed by atoms with E-state index in [1.165, 1.54) is 0 Å². The number of hydrogen-bond donors (Lipinski definition) is 0. The largest absolute Gasteiger partial charge is 0.440 e. The number of nitrogens with zero attached hydrogens (tertiary/aromatic N) is 2. The molecule has 3 aromatic carbocycles. The molecule has 4 nitrogen and oxygen atoms in total. The van der Waals surface area contributed by atoms with Gasteiger partial charge in [-0.25, -0.2) is 13.6 Å². The number of halogens is 2. The molecule has 0 unspecified atom stereocenters. The number of alkyl halides is 2. The van der Waals surface area contributed by atoms with E-state index in [9.17, 15) is 13.6 Å². The van der Waals surface area contributed by atoms with Crippen LogP contribution in [0.2, 0.25) is 0 Å². The molecule has 4 aliphatic rings. The molecule has 0 aromatic heterocycles. The highest BCUT2D eigenvalue weighted by Gasteiger charge is 2.55. The minimum Gasteiger partial charge on any atom is -0.440 e. The third-order valence-corrected chi connectivity index (χ3v) is 10.8. The normalized spacial score (nSPS) is 22.6.